The Morgan fingerprint density at radius 1 is 1.19 bits per heavy atom. The first-order valence-corrected chi connectivity index (χ1v) is 11.4. The molecule has 3 aromatic rings. The summed E-state index contributed by atoms with van der Waals surface area (Å²) in [6, 6.07) is 9.38. The lowest BCUT2D eigenvalue weighted by molar-refractivity contribution is 0.196. The van der Waals surface area contributed by atoms with Gasteiger partial charge in [-0.2, -0.15) is 0 Å². The number of anilines is 1. The fourth-order valence-corrected chi connectivity index (χ4v) is 4.52. The maximum atomic E-state index is 14.0. The number of halogens is 1. The molecule has 2 heterocycles. The molecule has 1 atom stereocenters. The fraction of sp³-hybridized carbons (Fsp3) is 0.440. The zero-order valence-corrected chi connectivity index (χ0v) is 18.8. The SMILES string of the molecule is CCOc1cc(F)ccc1-n1c(CN2CCCCCC(C)C2)nc2cc(N)ccc2c1=O. The smallest absolute Gasteiger partial charge is 0.266 e. The molecule has 170 valence electrons. The highest BCUT2D eigenvalue weighted by atomic mass is 19.1. The molecule has 1 aliphatic heterocycles. The Morgan fingerprint density at radius 2 is 2.03 bits per heavy atom. The molecule has 32 heavy (non-hydrogen) atoms. The summed E-state index contributed by atoms with van der Waals surface area (Å²) in [5, 5.41) is 0.468. The zero-order valence-electron chi connectivity index (χ0n) is 18.8. The lowest BCUT2D eigenvalue weighted by atomic mass is 10.00. The number of hydrogen-bond donors (Lipinski definition) is 1. The molecule has 0 aliphatic carbocycles. The third kappa shape index (κ3) is 4.78. The highest BCUT2D eigenvalue weighted by Crippen LogP contribution is 2.26. The summed E-state index contributed by atoms with van der Waals surface area (Å²) in [6.45, 7) is 6.90. The highest BCUT2D eigenvalue weighted by Gasteiger charge is 2.21. The first-order valence-electron chi connectivity index (χ1n) is 11.4. The van der Waals surface area contributed by atoms with Gasteiger partial charge in [0.2, 0.25) is 0 Å². The van der Waals surface area contributed by atoms with Crippen molar-refractivity contribution in [2.75, 3.05) is 25.4 Å². The Balaban J connectivity index is 1.88. The van der Waals surface area contributed by atoms with Crippen molar-refractivity contribution in [1.29, 1.82) is 0 Å². The van der Waals surface area contributed by atoms with Gasteiger partial charge in [-0.1, -0.05) is 19.8 Å². The van der Waals surface area contributed by atoms with E-state index in [0.29, 0.717) is 52.9 Å². The fourth-order valence-electron chi connectivity index (χ4n) is 4.52. The third-order valence-electron chi connectivity index (χ3n) is 6.03. The van der Waals surface area contributed by atoms with Crippen molar-refractivity contribution in [1.82, 2.24) is 14.5 Å². The molecule has 7 heteroatoms. The molecular weight excluding hydrogens is 407 g/mol. The van der Waals surface area contributed by atoms with E-state index >= 15 is 0 Å². The monoisotopic (exact) mass is 438 g/mol. The summed E-state index contributed by atoms with van der Waals surface area (Å²) in [5.41, 5.74) is 7.39. The van der Waals surface area contributed by atoms with Crippen molar-refractivity contribution >= 4 is 16.6 Å². The van der Waals surface area contributed by atoms with Crippen molar-refractivity contribution in [3.8, 4) is 11.4 Å². The number of nitrogen functional groups attached to an aromatic ring is 1. The van der Waals surface area contributed by atoms with E-state index in [9.17, 15) is 9.18 Å². The molecule has 1 aromatic heterocycles. The van der Waals surface area contributed by atoms with Gasteiger partial charge in [-0.25, -0.2) is 9.37 Å². The second-order valence-electron chi connectivity index (χ2n) is 8.68. The maximum Gasteiger partial charge on any atom is 0.266 e. The van der Waals surface area contributed by atoms with Crippen molar-refractivity contribution < 1.29 is 9.13 Å². The number of nitrogens with zero attached hydrogens (tertiary/aromatic N) is 3. The van der Waals surface area contributed by atoms with Crippen molar-refractivity contribution in [3.63, 3.8) is 0 Å². The Hall–Kier alpha value is -2.93. The Kier molecular flexibility index (Phi) is 6.74. The number of likely N-dealkylation sites (tertiary alicyclic amines) is 1. The number of benzene rings is 2. The summed E-state index contributed by atoms with van der Waals surface area (Å²) in [5.74, 6) is 1.10. The summed E-state index contributed by atoms with van der Waals surface area (Å²) >= 11 is 0. The summed E-state index contributed by atoms with van der Waals surface area (Å²) in [6.07, 6.45) is 4.80. The number of hydrogen-bond acceptors (Lipinski definition) is 5. The van der Waals surface area contributed by atoms with Gasteiger partial charge in [-0.05, 0) is 62.6 Å². The molecule has 0 bridgehead atoms. The van der Waals surface area contributed by atoms with Crippen molar-refractivity contribution in [3.05, 3.63) is 58.4 Å². The van der Waals surface area contributed by atoms with Gasteiger partial charge in [0, 0.05) is 18.3 Å². The van der Waals surface area contributed by atoms with Crippen molar-refractivity contribution in [2.24, 2.45) is 5.92 Å². The van der Waals surface area contributed by atoms with Crippen LogP contribution in [0.2, 0.25) is 0 Å². The first-order chi connectivity index (χ1) is 15.5. The first kappa shape index (κ1) is 22.3. The second-order valence-corrected chi connectivity index (χ2v) is 8.68. The van der Waals surface area contributed by atoms with Crippen LogP contribution in [-0.2, 0) is 6.54 Å². The number of fused-ring (bicyclic) bond motifs is 1. The van der Waals surface area contributed by atoms with E-state index in [2.05, 4.69) is 11.8 Å². The number of aromatic nitrogens is 2. The predicted octanol–water partition coefficient (Wildman–Crippen LogP) is 4.52. The minimum absolute atomic E-state index is 0.211. The molecule has 0 saturated carbocycles. The lowest BCUT2D eigenvalue weighted by Crippen LogP contribution is -2.34. The van der Waals surface area contributed by atoms with E-state index < -0.39 is 5.82 Å². The van der Waals surface area contributed by atoms with E-state index in [1.54, 1.807) is 28.8 Å². The van der Waals surface area contributed by atoms with Crippen LogP contribution in [0.15, 0.2) is 41.2 Å². The second kappa shape index (κ2) is 9.69. The molecule has 6 nitrogen and oxygen atoms in total. The van der Waals surface area contributed by atoms with Gasteiger partial charge < -0.3 is 10.5 Å². The van der Waals surface area contributed by atoms with E-state index in [4.69, 9.17) is 15.5 Å². The van der Waals surface area contributed by atoms with Crippen molar-refractivity contribution in [2.45, 2.75) is 46.1 Å². The molecule has 0 amide bonds. The molecule has 1 fully saturated rings. The van der Waals surface area contributed by atoms with E-state index in [0.717, 1.165) is 19.5 Å². The van der Waals surface area contributed by atoms with E-state index in [1.165, 1.54) is 31.4 Å². The summed E-state index contributed by atoms with van der Waals surface area (Å²) < 4.78 is 21.3. The van der Waals surface area contributed by atoms with Gasteiger partial charge in [0.1, 0.15) is 17.4 Å². The van der Waals surface area contributed by atoms with E-state index in [-0.39, 0.29) is 5.56 Å². The topological polar surface area (TPSA) is 73.4 Å². The van der Waals surface area contributed by atoms with Crippen LogP contribution in [0, 0.1) is 11.7 Å². The van der Waals surface area contributed by atoms with Crippen LogP contribution in [0.3, 0.4) is 0 Å². The number of nitrogens with two attached hydrogens (primary N) is 1. The van der Waals surface area contributed by atoms with Crippen LogP contribution in [-0.4, -0.2) is 34.1 Å². The number of ether oxygens (including phenoxy) is 1. The third-order valence-corrected chi connectivity index (χ3v) is 6.03. The normalized spacial score (nSPS) is 17.8. The molecule has 1 aliphatic rings. The molecule has 0 spiro atoms. The van der Waals surface area contributed by atoms with Crippen LogP contribution in [0.1, 0.15) is 45.4 Å². The molecule has 1 unspecified atom stereocenters. The molecule has 4 rings (SSSR count). The van der Waals surface area contributed by atoms with Gasteiger partial charge in [0.25, 0.3) is 5.56 Å². The Bertz CT molecular complexity index is 1160. The highest BCUT2D eigenvalue weighted by molar-refractivity contribution is 5.81. The van der Waals surface area contributed by atoms with Crippen LogP contribution in [0.5, 0.6) is 5.75 Å². The van der Waals surface area contributed by atoms with Gasteiger partial charge >= 0.3 is 0 Å². The quantitative estimate of drug-likeness (QED) is 0.593. The van der Waals surface area contributed by atoms with Crippen LogP contribution >= 0.6 is 0 Å². The van der Waals surface area contributed by atoms with Gasteiger partial charge in [0.15, 0.2) is 0 Å². The minimum atomic E-state index is -0.411. The van der Waals surface area contributed by atoms with E-state index in [1.807, 2.05) is 6.92 Å². The molecule has 0 radical (unpaired) electrons. The van der Waals surface area contributed by atoms with Gasteiger partial charge in [-0.15, -0.1) is 0 Å². The minimum Gasteiger partial charge on any atom is -0.492 e. The largest absolute Gasteiger partial charge is 0.492 e. The summed E-state index contributed by atoms with van der Waals surface area (Å²) in [7, 11) is 0. The molecule has 2 aromatic carbocycles. The maximum absolute atomic E-state index is 14.0. The van der Waals surface area contributed by atoms with Crippen LogP contribution in [0.25, 0.3) is 16.6 Å². The Morgan fingerprint density at radius 3 is 2.84 bits per heavy atom. The van der Waals surface area contributed by atoms with Crippen LogP contribution < -0.4 is 16.0 Å². The summed E-state index contributed by atoms with van der Waals surface area (Å²) in [4.78, 5) is 20.9. The standard InChI is InChI=1S/C25H31FN4O2/c1-3-32-23-13-18(26)8-11-22(23)30-24(16-29-12-6-4-5-7-17(2)15-29)28-21-14-19(27)9-10-20(21)25(30)31/h8-11,13-14,17H,3-7,12,15-16,27H2,1-2H3. The average molecular weight is 439 g/mol. The molecular formula is C25H31FN4O2. The van der Waals surface area contributed by atoms with Crippen LogP contribution in [0.4, 0.5) is 10.1 Å². The zero-order chi connectivity index (χ0) is 22.7. The lowest BCUT2D eigenvalue weighted by Gasteiger charge is -2.29. The van der Waals surface area contributed by atoms with Gasteiger partial charge in [0.05, 0.1) is 29.7 Å². The molecule has 2 N–H and O–H groups in total. The predicted molar refractivity (Wildman–Crippen MR) is 126 cm³/mol. The average Bonchev–Trinajstić information content (AvgIpc) is 2.73. The molecule has 1 saturated heterocycles. The Labute approximate surface area is 187 Å². The number of rotatable bonds is 5. The van der Waals surface area contributed by atoms with Gasteiger partial charge in [-0.3, -0.25) is 14.3 Å².